The molecule has 1 fully saturated rings. The number of fused-ring (bicyclic) bond motifs is 2. The van der Waals surface area contributed by atoms with Gasteiger partial charge in [0.05, 0.1) is 12.9 Å². The van der Waals surface area contributed by atoms with E-state index in [0.29, 0.717) is 12.2 Å². The Morgan fingerprint density at radius 1 is 1.11 bits per heavy atom. The minimum Gasteiger partial charge on any atom is -0.365 e. The summed E-state index contributed by atoms with van der Waals surface area (Å²) in [6, 6.07) is 12.5. The van der Waals surface area contributed by atoms with Gasteiger partial charge in [0.1, 0.15) is 17.2 Å². The van der Waals surface area contributed by atoms with Crippen molar-refractivity contribution in [3.8, 4) is 0 Å². The van der Waals surface area contributed by atoms with Crippen LogP contribution in [0.25, 0.3) is 22.1 Å². The van der Waals surface area contributed by atoms with E-state index in [0.717, 1.165) is 48.8 Å². The summed E-state index contributed by atoms with van der Waals surface area (Å²) in [5.74, 6) is 1.67. The van der Waals surface area contributed by atoms with Gasteiger partial charge in [-0.15, -0.1) is 0 Å². The average molecular weight is 359 g/mol. The Balaban J connectivity index is 1.36. The molecule has 1 aromatic carbocycles. The molecule has 0 unspecified atom stereocenters. The molecule has 1 aliphatic rings. The molecule has 0 amide bonds. The SMILES string of the molecule is c1cc2ccc(CNc3cnc4ccc(N5CCCNC5)nc4n3)cc2[nH]1. The monoisotopic (exact) mass is 359 g/mol. The first kappa shape index (κ1) is 16.0. The van der Waals surface area contributed by atoms with Gasteiger partial charge in [0.15, 0.2) is 5.65 Å². The number of rotatable bonds is 4. The first-order valence-electron chi connectivity index (χ1n) is 9.24. The molecule has 4 heterocycles. The maximum atomic E-state index is 4.72. The van der Waals surface area contributed by atoms with Crippen LogP contribution in [-0.2, 0) is 6.54 Å². The molecule has 4 aromatic rings. The van der Waals surface area contributed by atoms with E-state index in [-0.39, 0.29) is 0 Å². The molecule has 0 spiro atoms. The number of nitrogens with one attached hydrogen (secondary N) is 3. The van der Waals surface area contributed by atoms with E-state index in [4.69, 9.17) is 4.98 Å². The van der Waals surface area contributed by atoms with Gasteiger partial charge in [-0.3, -0.25) is 5.32 Å². The molecule has 27 heavy (non-hydrogen) atoms. The summed E-state index contributed by atoms with van der Waals surface area (Å²) in [6.45, 7) is 3.58. The van der Waals surface area contributed by atoms with E-state index in [1.807, 2.05) is 18.3 Å². The second-order valence-electron chi connectivity index (χ2n) is 6.80. The molecule has 0 bridgehead atoms. The van der Waals surface area contributed by atoms with Crippen LogP contribution in [0.1, 0.15) is 12.0 Å². The molecular weight excluding hydrogens is 338 g/mol. The topological polar surface area (TPSA) is 81.8 Å². The Morgan fingerprint density at radius 3 is 3.04 bits per heavy atom. The van der Waals surface area contributed by atoms with Crippen molar-refractivity contribution in [1.29, 1.82) is 0 Å². The van der Waals surface area contributed by atoms with Crippen LogP contribution in [0.15, 0.2) is 48.8 Å². The van der Waals surface area contributed by atoms with Gasteiger partial charge in [0, 0.05) is 24.8 Å². The van der Waals surface area contributed by atoms with Crippen LogP contribution in [-0.4, -0.2) is 39.7 Å². The van der Waals surface area contributed by atoms with Gasteiger partial charge in [0.2, 0.25) is 0 Å². The lowest BCUT2D eigenvalue weighted by Gasteiger charge is -2.28. The van der Waals surface area contributed by atoms with E-state index in [1.54, 1.807) is 6.20 Å². The number of H-pyrrole nitrogens is 1. The molecule has 7 nitrogen and oxygen atoms in total. The lowest BCUT2D eigenvalue weighted by atomic mass is 10.1. The molecule has 5 rings (SSSR count). The number of anilines is 2. The van der Waals surface area contributed by atoms with Crippen molar-refractivity contribution in [3.63, 3.8) is 0 Å². The second kappa shape index (κ2) is 6.85. The van der Waals surface area contributed by atoms with Crippen molar-refractivity contribution < 1.29 is 0 Å². The molecule has 1 saturated heterocycles. The Hall–Kier alpha value is -3.19. The number of aromatic amines is 1. The zero-order valence-corrected chi connectivity index (χ0v) is 14.9. The minimum absolute atomic E-state index is 0.669. The smallest absolute Gasteiger partial charge is 0.182 e. The molecule has 3 aromatic heterocycles. The number of nitrogens with zero attached hydrogens (tertiary/aromatic N) is 4. The quantitative estimate of drug-likeness (QED) is 0.520. The van der Waals surface area contributed by atoms with Crippen LogP contribution >= 0.6 is 0 Å². The van der Waals surface area contributed by atoms with Crippen LogP contribution < -0.4 is 15.5 Å². The fourth-order valence-electron chi connectivity index (χ4n) is 3.43. The van der Waals surface area contributed by atoms with Crippen LogP contribution in [0, 0.1) is 0 Å². The Labute approximate surface area is 156 Å². The highest BCUT2D eigenvalue weighted by Gasteiger charge is 2.12. The van der Waals surface area contributed by atoms with E-state index in [2.05, 4.69) is 54.8 Å². The zero-order chi connectivity index (χ0) is 18.1. The molecule has 3 N–H and O–H groups in total. The number of pyridine rings is 1. The Kier molecular flexibility index (Phi) is 4.06. The largest absolute Gasteiger partial charge is 0.365 e. The van der Waals surface area contributed by atoms with E-state index in [1.165, 1.54) is 10.9 Å². The maximum absolute atomic E-state index is 4.72. The third-order valence-corrected chi connectivity index (χ3v) is 4.89. The lowest BCUT2D eigenvalue weighted by Crippen LogP contribution is -2.42. The van der Waals surface area contributed by atoms with Crippen molar-refractivity contribution in [2.24, 2.45) is 0 Å². The number of hydrogen-bond donors (Lipinski definition) is 3. The second-order valence-corrected chi connectivity index (χ2v) is 6.80. The minimum atomic E-state index is 0.669. The maximum Gasteiger partial charge on any atom is 0.182 e. The van der Waals surface area contributed by atoms with Gasteiger partial charge in [-0.25, -0.2) is 15.0 Å². The molecule has 0 aliphatic carbocycles. The van der Waals surface area contributed by atoms with Gasteiger partial charge in [0.25, 0.3) is 0 Å². The summed E-state index contributed by atoms with van der Waals surface area (Å²) >= 11 is 0. The van der Waals surface area contributed by atoms with Crippen molar-refractivity contribution >= 4 is 33.7 Å². The zero-order valence-electron chi connectivity index (χ0n) is 14.9. The van der Waals surface area contributed by atoms with E-state index < -0.39 is 0 Å². The molecule has 0 radical (unpaired) electrons. The summed E-state index contributed by atoms with van der Waals surface area (Å²) in [7, 11) is 0. The number of benzene rings is 1. The highest BCUT2D eigenvalue weighted by atomic mass is 15.3. The first-order valence-corrected chi connectivity index (χ1v) is 9.24. The van der Waals surface area contributed by atoms with Crippen LogP contribution in [0.2, 0.25) is 0 Å². The predicted octanol–water partition coefficient (Wildman–Crippen LogP) is 2.88. The van der Waals surface area contributed by atoms with Crippen LogP contribution in [0.4, 0.5) is 11.6 Å². The van der Waals surface area contributed by atoms with Gasteiger partial charge in [-0.05, 0) is 48.2 Å². The van der Waals surface area contributed by atoms with Crippen molar-refractivity contribution in [2.45, 2.75) is 13.0 Å². The summed E-state index contributed by atoms with van der Waals surface area (Å²) < 4.78 is 0. The average Bonchev–Trinajstić information content (AvgIpc) is 3.20. The highest BCUT2D eigenvalue weighted by Crippen LogP contribution is 2.19. The Bertz CT molecular complexity index is 1080. The summed E-state index contributed by atoms with van der Waals surface area (Å²) in [5, 5.41) is 7.95. The normalized spacial score (nSPS) is 14.7. The molecule has 0 saturated carbocycles. The summed E-state index contributed by atoms with van der Waals surface area (Å²) in [4.78, 5) is 19.3. The lowest BCUT2D eigenvalue weighted by molar-refractivity contribution is 0.549. The summed E-state index contributed by atoms with van der Waals surface area (Å²) in [6.07, 6.45) is 4.84. The number of aromatic nitrogens is 4. The fourth-order valence-corrected chi connectivity index (χ4v) is 3.43. The van der Waals surface area contributed by atoms with Gasteiger partial charge < -0.3 is 15.2 Å². The fraction of sp³-hybridized carbons (Fsp3) is 0.250. The van der Waals surface area contributed by atoms with Gasteiger partial charge in [-0.2, -0.15) is 0 Å². The molecule has 1 aliphatic heterocycles. The van der Waals surface area contributed by atoms with Gasteiger partial charge >= 0.3 is 0 Å². The first-order chi connectivity index (χ1) is 13.3. The number of hydrogen-bond acceptors (Lipinski definition) is 6. The van der Waals surface area contributed by atoms with E-state index >= 15 is 0 Å². The third-order valence-electron chi connectivity index (χ3n) is 4.89. The van der Waals surface area contributed by atoms with E-state index in [9.17, 15) is 0 Å². The molecule has 0 atom stereocenters. The molecule has 7 heteroatoms. The summed E-state index contributed by atoms with van der Waals surface area (Å²) in [5.41, 5.74) is 3.80. The highest BCUT2D eigenvalue weighted by molar-refractivity contribution is 5.80. The molecule has 136 valence electrons. The van der Waals surface area contributed by atoms with Crippen LogP contribution in [0.5, 0.6) is 0 Å². The Morgan fingerprint density at radius 2 is 2.11 bits per heavy atom. The predicted molar refractivity (Wildman–Crippen MR) is 108 cm³/mol. The van der Waals surface area contributed by atoms with Crippen molar-refractivity contribution in [3.05, 3.63) is 54.4 Å². The van der Waals surface area contributed by atoms with Crippen molar-refractivity contribution in [2.75, 3.05) is 30.0 Å². The standard InChI is InChI=1S/C20H21N7/c1-7-21-13-27(9-1)19-5-4-16-20(26-19)25-18(12-23-16)24-11-14-2-3-15-6-8-22-17(15)10-14/h2-6,8,10,12,21-22H,1,7,9,11,13H2,(H,24,25,26). The van der Waals surface area contributed by atoms with Crippen LogP contribution in [0.3, 0.4) is 0 Å². The molecular formula is C20H21N7. The third kappa shape index (κ3) is 3.29. The van der Waals surface area contributed by atoms with Gasteiger partial charge in [-0.1, -0.05) is 12.1 Å². The van der Waals surface area contributed by atoms with Crippen molar-refractivity contribution in [1.82, 2.24) is 25.3 Å².